The van der Waals surface area contributed by atoms with Crippen LogP contribution in [-0.4, -0.2) is 26.3 Å². The van der Waals surface area contributed by atoms with Crippen LogP contribution in [0.15, 0.2) is 16.6 Å². The van der Waals surface area contributed by atoms with E-state index in [1.54, 1.807) is 7.11 Å². The summed E-state index contributed by atoms with van der Waals surface area (Å²) in [7, 11) is 1.73. The topological polar surface area (TPSA) is 30.5 Å². The van der Waals surface area contributed by atoms with Gasteiger partial charge in [-0.25, -0.2) is 0 Å². The van der Waals surface area contributed by atoms with Gasteiger partial charge in [0.2, 0.25) is 0 Å². The molecule has 0 aromatic heterocycles. The highest BCUT2D eigenvalue weighted by molar-refractivity contribution is 9.10. The number of methoxy groups -OCH3 is 1. The second-order valence-electron chi connectivity index (χ2n) is 6.53. The van der Waals surface area contributed by atoms with Gasteiger partial charge in [-0.3, -0.25) is 0 Å². The lowest BCUT2D eigenvalue weighted by molar-refractivity contribution is 0.199. The average molecular weight is 368 g/mol. The molecule has 0 spiro atoms. The smallest absolute Gasteiger partial charge is 0.175 e. The van der Waals surface area contributed by atoms with Crippen molar-refractivity contribution in [1.82, 2.24) is 5.32 Å². The Balaban J connectivity index is 1.73. The Morgan fingerprint density at radius 1 is 1.14 bits per heavy atom. The second kappa shape index (κ2) is 7.69. The number of piperidine rings is 1. The number of benzene rings is 1. The van der Waals surface area contributed by atoms with Gasteiger partial charge in [0.05, 0.1) is 17.7 Å². The standard InChI is InChI=1S/C18H26BrNO2/c1-21-17-12-14(10-13-6-8-20-9-7-13)11-16(19)18(17)22-15-4-2-3-5-15/h11-13,15,20H,2-10H2,1H3. The van der Waals surface area contributed by atoms with Crippen LogP contribution in [0.25, 0.3) is 0 Å². The lowest BCUT2D eigenvalue weighted by atomic mass is 9.91. The van der Waals surface area contributed by atoms with E-state index in [9.17, 15) is 0 Å². The lowest BCUT2D eigenvalue weighted by Gasteiger charge is -2.23. The first-order valence-electron chi connectivity index (χ1n) is 8.50. The predicted molar refractivity (Wildman–Crippen MR) is 92.9 cm³/mol. The molecule has 0 amide bonds. The highest BCUT2D eigenvalue weighted by atomic mass is 79.9. The number of rotatable bonds is 5. The van der Waals surface area contributed by atoms with E-state index < -0.39 is 0 Å². The number of hydrogen-bond donors (Lipinski definition) is 1. The largest absolute Gasteiger partial charge is 0.493 e. The maximum absolute atomic E-state index is 6.19. The van der Waals surface area contributed by atoms with Crippen LogP contribution in [0.4, 0.5) is 0 Å². The van der Waals surface area contributed by atoms with E-state index in [0.717, 1.165) is 54.2 Å². The minimum atomic E-state index is 0.348. The number of halogens is 1. The van der Waals surface area contributed by atoms with Crippen LogP contribution in [0.2, 0.25) is 0 Å². The molecule has 1 aromatic rings. The Hall–Kier alpha value is -0.740. The second-order valence-corrected chi connectivity index (χ2v) is 7.39. The maximum atomic E-state index is 6.19. The summed E-state index contributed by atoms with van der Waals surface area (Å²) in [4.78, 5) is 0. The van der Waals surface area contributed by atoms with Gasteiger partial charge in [-0.1, -0.05) is 0 Å². The van der Waals surface area contributed by atoms with Crippen LogP contribution in [0.1, 0.15) is 44.1 Å². The fourth-order valence-electron chi connectivity index (χ4n) is 3.60. The molecule has 3 nitrogen and oxygen atoms in total. The van der Waals surface area contributed by atoms with Gasteiger partial charge in [0.25, 0.3) is 0 Å². The summed E-state index contributed by atoms with van der Waals surface area (Å²) in [6.07, 6.45) is 8.87. The minimum absolute atomic E-state index is 0.348. The summed E-state index contributed by atoms with van der Waals surface area (Å²) in [5, 5.41) is 3.43. The zero-order chi connectivity index (χ0) is 15.4. The summed E-state index contributed by atoms with van der Waals surface area (Å²) < 4.78 is 12.8. The molecule has 4 heteroatoms. The fraction of sp³-hybridized carbons (Fsp3) is 0.667. The molecule has 1 saturated carbocycles. The van der Waals surface area contributed by atoms with Crippen LogP contribution in [-0.2, 0) is 6.42 Å². The van der Waals surface area contributed by atoms with Gasteiger partial charge in [-0.2, -0.15) is 0 Å². The first-order valence-corrected chi connectivity index (χ1v) is 9.29. The van der Waals surface area contributed by atoms with Gasteiger partial charge in [-0.05, 0) is 97.6 Å². The molecule has 2 aliphatic rings. The van der Waals surface area contributed by atoms with Gasteiger partial charge >= 0.3 is 0 Å². The van der Waals surface area contributed by atoms with Gasteiger partial charge in [0.15, 0.2) is 11.5 Å². The summed E-state index contributed by atoms with van der Waals surface area (Å²) in [6.45, 7) is 2.29. The lowest BCUT2D eigenvalue weighted by Crippen LogP contribution is -2.28. The Labute approximate surface area is 141 Å². The highest BCUT2D eigenvalue weighted by Gasteiger charge is 2.21. The van der Waals surface area contributed by atoms with Crippen LogP contribution < -0.4 is 14.8 Å². The SMILES string of the molecule is COc1cc(CC2CCNCC2)cc(Br)c1OC1CCCC1. The first kappa shape index (κ1) is 16.1. The Morgan fingerprint density at radius 2 is 1.86 bits per heavy atom. The zero-order valence-corrected chi connectivity index (χ0v) is 15.0. The monoisotopic (exact) mass is 367 g/mol. The van der Waals surface area contributed by atoms with Crippen molar-refractivity contribution in [1.29, 1.82) is 0 Å². The van der Waals surface area contributed by atoms with Crippen molar-refractivity contribution < 1.29 is 9.47 Å². The van der Waals surface area contributed by atoms with Gasteiger partial charge < -0.3 is 14.8 Å². The van der Waals surface area contributed by atoms with E-state index in [2.05, 4.69) is 33.4 Å². The third kappa shape index (κ3) is 3.96. The van der Waals surface area contributed by atoms with Crippen molar-refractivity contribution in [2.45, 2.75) is 51.0 Å². The molecule has 2 fully saturated rings. The summed E-state index contributed by atoms with van der Waals surface area (Å²) in [5.41, 5.74) is 1.34. The molecule has 122 valence electrons. The van der Waals surface area contributed by atoms with E-state index in [1.807, 2.05) is 0 Å². The Morgan fingerprint density at radius 3 is 2.55 bits per heavy atom. The molecule has 3 rings (SSSR count). The molecular weight excluding hydrogens is 342 g/mol. The van der Waals surface area contributed by atoms with E-state index in [0.29, 0.717) is 6.10 Å². The normalized spacial score (nSPS) is 20.3. The Bertz CT molecular complexity index is 494. The van der Waals surface area contributed by atoms with Crippen molar-refractivity contribution in [2.75, 3.05) is 20.2 Å². The molecule has 0 atom stereocenters. The number of ether oxygens (including phenoxy) is 2. The average Bonchev–Trinajstić information content (AvgIpc) is 3.04. The summed E-state index contributed by atoms with van der Waals surface area (Å²) in [6, 6.07) is 4.38. The van der Waals surface area contributed by atoms with Crippen molar-refractivity contribution in [3.05, 3.63) is 22.2 Å². The molecule has 1 aliphatic heterocycles. The molecule has 0 bridgehead atoms. The van der Waals surface area contributed by atoms with Crippen LogP contribution in [0.5, 0.6) is 11.5 Å². The van der Waals surface area contributed by atoms with Crippen molar-refractivity contribution >= 4 is 15.9 Å². The third-order valence-electron chi connectivity index (χ3n) is 4.86. The van der Waals surface area contributed by atoms with Gasteiger partial charge in [0.1, 0.15) is 0 Å². The van der Waals surface area contributed by atoms with Crippen molar-refractivity contribution in [3.8, 4) is 11.5 Å². The van der Waals surface area contributed by atoms with E-state index >= 15 is 0 Å². The quantitative estimate of drug-likeness (QED) is 0.840. The fourth-order valence-corrected chi connectivity index (χ4v) is 4.18. The molecular formula is C18H26BrNO2. The van der Waals surface area contributed by atoms with Crippen LogP contribution in [0.3, 0.4) is 0 Å². The first-order chi connectivity index (χ1) is 10.8. The zero-order valence-electron chi connectivity index (χ0n) is 13.4. The summed E-state index contributed by atoms with van der Waals surface area (Å²) >= 11 is 3.69. The Kier molecular flexibility index (Phi) is 5.64. The number of hydrogen-bond acceptors (Lipinski definition) is 3. The highest BCUT2D eigenvalue weighted by Crippen LogP contribution is 2.39. The number of nitrogens with one attached hydrogen (secondary N) is 1. The predicted octanol–water partition coefficient (Wildman–Crippen LogP) is 4.32. The third-order valence-corrected chi connectivity index (χ3v) is 5.45. The maximum Gasteiger partial charge on any atom is 0.175 e. The molecule has 22 heavy (non-hydrogen) atoms. The molecule has 0 unspecified atom stereocenters. The van der Waals surface area contributed by atoms with Crippen molar-refractivity contribution in [2.24, 2.45) is 5.92 Å². The van der Waals surface area contributed by atoms with E-state index in [4.69, 9.17) is 9.47 Å². The summed E-state index contributed by atoms with van der Waals surface area (Å²) in [5.74, 6) is 2.52. The minimum Gasteiger partial charge on any atom is -0.493 e. The van der Waals surface area contributed by atoms with E-state index in [-0.39, 0.29) is 0 Å². The van der Waals surface area contributed by atoms with E-state index in [1.165, 1.54) is 31.2 Å². The molecule has 1 aromatic carbocycles. The molecule has 1 aliphatic carbocycles. The molecule has 0 radical (unpaired) electrons. The van der Waals surface area contributed by atoms with Gasteiger partial charge in [-0.15, -0.1) is 0 Å². The van der Waals surface area contributed by atoms with Crippen LogP contribution in [0, 0.1) is 5.92 Å². The molecule has 1 heterocycles. The van der Waals surface area contributed by atoms with Gasteiger partial charge in [0, 0.05) is 0 Å². The molecule has 1 saturated heterocycles. The van der Waals surface area contributed by atoms with Crippen molar-refractivity contribution in [3.63, 3.8) is 0 Å². The van der Waals surface area contributed by atoms with Crippen LogP contribution >= 0.6 is 15.9 Å². The molecule has 1 N–H and O–H groups in total.